The second-order valence-electron chi connectivity index (χ2n) is 2.98. The van der Waals surface area contributed by atoms with E-state index in [1.54, 1.807) is 23.3 Å². The molecule has 1 aromatic rings. The molecule has 0 bridgehead atoms. The number of rotatable bonds is 3. The Morgan fingerprint density at radius 3 is 2.85 bits per heavy atom. The summed E-state index contributed by atoms with van der Waals surface area (Å²) in [4.78, 5) is 13.7. The largest absolute Gasteiger partial charge is 0.337 e. The van der Waals surface area contributed by atoms with Gasteiger partial charge in [-0.1, -0.05) is 12.6 Å². The fourth-order valence-electron chi connectivity index (χ4n) is 1.03. The molecule has 72 valence electrons. The van der Waals surface area contributed by atoms with Crippen LogP contribution in [0.4, 0.5) is 4.79 Å². The zero-order valence-corrected chi connectivity index (χ0v) is 9.49. The standard InChI is InChI=1S/C9H13NOS2/c1-7-4-6-13-8(7)3-5-10(2)9(11)12/h4,6H,3,5H2,1-2H3,(H,11,12). The third-order valence-corrected chi connectivity index (χ3v) is 3.39. The monoisotopic (exact) mass is 215 g/mol. The number of likely N-dealkylation sites (N-methyl/N-ethyl adjacent to an activating group) is 1. The van der Waals surface area contributed by atoms with Crippen molar-refractivity contribution in [3.8, 4) is 0 Å². The van der Waals surface area contributed by atoms with E-state index in [4.69, 9.17) is 0 Å². The van der Waals surface area contributed by atoms with Gasteiger partial charge >= 0.3 is 0 Å². The highest BCUT2D eigenvalue weighted by Gasteiger charge is 2.05. The first kappa shape index (κ1) is 10.6. The van der Waals surface area contributed by atoms with Gasteiger partial charge in [0.15, 0.2) is 0 Å². The Morgan fingerprint density at radius 2 is 2.38 bits per heavy atom. The lowest BCUT2D eigenvalue weighted by molar-refractivity contribution is 0.234. The summed E-state index contributed by atoms with van der Waals surface area (Å²) >= 11 is 5.48. The van der Waals surface area contributed by atoms with Gasteiger partial charge in [-0.15, -0.1) is 11.3 Å². The fraction of sp³-hybridized carbons (Fsp3) is 0.444. The van der Waals surface area contributed by atoms with Crippen LogP contribution in [0, 0.1) is 6.92 Å². The van der Waals surface area contributed by atoms with Gasteiger partial charge in [0.1, 0.15) is 0 Å². The molecule has 13 heavy (non-hydrogen) atoms. The highest BCUT2D eigenvalue weighted by atomic mass is 32.1. The van der Waals surface area contributed by atoms with Crippen LogP contribution in [0.25, 0.3) is 0 Å². The minimum Gasteiger partial charge on any atom is -0.337 e. The molecule has 0 saturated heterocycles. The van der Waals surface area contributed by atoms with Crippen molar-refractivity contribution in [3.63, 3.8) is 0 Å². The molecule has 1 heterocycles. The van der Waals surface area contributed by atoms with E-state index >= 15 is 0 Å². The number of amides is 1. The SMILES string of the molecule is Cc1ccsc1CCN(C)C(=O)S. The minimum atomic E-state index is -0.172. The summed E-state index contributed by atoms with van der Waals surface area (Å²) in [7, 11) is 1.76. The molecule has 0 N–H and O–H groups in total. The van der Waals surface area contributed by atoms with Gasteiger partial charge in [-0.05, 0) is 30.4 Å². The normalized spacial score (nSPS) is 10.1. The summed E-state index contributed by atoms with van der Waals surface area (Å²) in [6, 6.07) is 2.10. The molecule has 1 amide bonds. The molecule has 0 saturated carbocycles. The number of carbonyl (C=O) groups is 1. The van der Waals surface area contributed by atoms with Gasteiger partial charge in [0.25, 0.3) is 5.24 Å². The first-order chi connectivity index (χ1) is 6.11. The van der Waals surface area contributed by atoms with Crippen LogP contribution < -0.4 is 0 Å². The molecule has 0 aliphatic rings. The quantitative estimate of drug-likeness (QED) is 0.768. The average molecular weight is 215 g/mol. The van der Waals surface area contributed by atoms with E-state index in [2.05, 4.69) is 31.0 Å². The van der Waals surface area contributed by atoms with Crippen molar-refractivity contribution in [2.75, 3.05) is 13.6 Å². The Bertz CT molecular complexity index is 296. The molecule has 4 heteroatoms. The lowest BCUT2D eigenvalue weighted by Gasteiger charge is -2.12. The number of aryl methyl sites for hydroxylation is 1. The van der Waals surface area contributed by atoms with Crippen molar-refractivity contribution in [1.82, 2.24) is 4.90 Å². The van der Waals surface area contributed by atoms with Crippen molar-refractivity contribution in [1.29, 1.82) is 0 Å². The summed E-state index contributed by atoms with van der Waals surface area (Å²) in [5.41, 5.74) is 1.31. The zero-order chi connectivity index (χ0) is 9.84. The summed E-state index contributed by atoms with van der Waals surface area (Å²) in [5, 5.41) is 1.90. The van der Waals surface area contributed by atoms with Crippen LogP contribution in [-0.4, -0.2) is 23.7 Å². The molecule has 0 aliphatic heterocycles. The Labute approximate surface area is 88.0 Å². The molecular formula is C9H13NOS2. The number of hydrogen-bond donors (Lipinski definition) is 1. The molecule has 0 aliphatic carbocycles. The second-order valence-corrected chi connectivity index (χ2v) is 4.36. The van der Waals surface area contributed by atoms with Crippen LogP contribution in [-0.2, 0) is 6.42 Å². The van der Waals surface area contributed by atoms with E-state index in [-0.39, 0.29) is 5.24 Å². The average Bonchev–Trinajstić information content (AvgIpc) is 2.47. The number of thiol groups is 1. The maximum atomic E-state index is 10.8. The molecule has 0 radical (unpaired) electrons. The van der Waals surface area contributed by atoms with Crippen LogP contribution in [0.3, 0.4) is 0 Å². The molecular weight excluding hydrogens is 202 g/mol. The van der Waals surface area contributed by atoms with Gasteiger partial charge in [0.05, 0.1) is 0 Å². The molecule has 0 atom stereocenters. The number of nitrogens with zero attached hydrogens (tertiary/aromatic N) is 1. The van der Waals surface area contributed by atoms with E-state index in [9.17, 15) is 4.79 Å². The Balaban J connectivity index is 2.44. The number of carbonyl (C=O) groups excluding carboxylic acids is 1. The molecule has 0 unspecified atom stereocenters. The third-order valence-electron chi connectivity index (χ3n) is 1.97. The summed E-state index contributed by atoms with van der Waals surface area (Å²) in [6.07, 6.45) is 0.923. The molecule has 2 nitrogen and oxygen atoms in total. The van der Waals surface area contributed by atoms with Gasteiger partial charge in [-0.3, -0.25) is 4.79 Å². The van der Waals surface area contributed by atoms with Crippen molar-refractivity contribution >= 4 is 29.2 Å². The zero-order valence-electron chi connectivity index (χ0n) is 7.78. The maximum Gasteiger partial charge on any atom is 0.278 e. The van der Waals surface area contributed by atoms with Crippen LogP contribution in [0.5, 0.6) is 0 Å². The van der Waals surface area contributed by atoms with Crippen molar-refractivity contribution in [2.24, 2.45) is 0 Å². The molecule has 1 rings (SSSR count). The predicted molar refractivity (Wildman–Crippen MR) is 59.8 cm³/mol. The number of hydrogen-bond acceptors (Lipinski definition) is 2. The van der Waals surface area contributed by atoms with Crippen LogP contribution in [0.15, 0.2) is 11.4 Å². The summed E-state index contributed by atoms with van der Waals surface area (Å²) in [6.45, 7) is 2.83. The lowest BCUT2D eigenvalue weighted by atomic mass is 10.2. The Kier molecular flexibility index (Phi) is 3.81. The lowest BCUT2D eigenvalue weighted by Crippen LogP contribution is -2.23. The Morgan fingerprint density at radius 1 is 1.69 bits per heavy atom. The highest BCUT2D eigenvalue weighted by molar-refractivity contribution is 7.96. The highest BCUT2D eigenvalue weighted by Crippen LogP contribution is 2.16. The first-order valence-electron chi connectivity index (χ1n) is 4.08. The fourth-order valence-corrected chi connectivity index (χ4v) is 2.02. The molecule has 0 spiro atoms. The van der Waals surface area contributed by atoms with Gasteiger partial charge in [0, 0.05) is 18.5 Å². The van der Waals surface area contributed by atoms with E-state index in [1.165, 1.54) is 10.4 Å². The minimum absolute atomic E-state index is 0.172. The Hall–Kier alpha value is -0.480. The van der Waals surface area contributed by atoms with Crippen molar-refractivity contribution in [3.05, 3.63) is 21.9 Å². The summed E-state index contributed by atoms with van der Waals surface area (Å²) < 4.78 is 0. The summed E-state index contributed by atoms with van der Waals surface area (Å²) in [5.74, 6) is 0. The van der Waals surface area contributed by atoms with E-state index < -0.39 is 0 Å². The smallest absolute Gasteiger partial charge is 0.278 e. The van der Waals surface area contributed by atoms with Crippen LogP contribution in [0.1, 0.15) is 10.4 Å². The second kappa shape index (κ2) is 4.67. The van der Waals surface area contributed by atoms with E-state index in [1.807, 2.05) is 0 Å². The van der Waals surface area contributed by atoms with Crippen LogP contribution >= 0.6 is 24.0 Å². The predicted octanol–water partition coefficient (Wildman–Crippen LogP) is 2.58. The molecule has 1 aromatic heterocycles. The number of thiophene rings is 1. The molecule has 0 fully saturated rings. The van der Waals surface area contributed by atoms with Gasteiger partial charge < -0.3 is 4.90 Å². The first-order valence-corrected chi connectivity index (χ1v) is 5.41. The van der Waals surface area contributed by atoms with Gasteiger partial charge in [-0.2, -0.15) is 0 Å². The topological polar surface area (TPSA) is 20.3 Å². The maximum absolute atomic E-state index is 10.8. The van der Waals surface area contributed by atoms with Gasteiger partial charge in [-0.25, -0.2) is 0 Å². The van der Waals surface area contributed by atoms with Crippen LogP contribution in [0.2, 0.25) is 0 Å². The van der Waals surface area contributed by atoms with Crippen molar-refractivity contribution in [2.45, 2.75) is 13.3 Å². The third kappa shape index (κ3) is 3.04. The van der Waals surface area contributed by atoms with E-state index in [0.717, 1.165) is 13.0 Å². The molecule has 0 aromatic carbocycles. The van der Waals surface area contributed by atoms with Gasteiger partial charge in [0.2, 0.25) is 0 Å². The van der Waals surface area contributed by atoms with E-state index in [0.29, 0.717) is 0 Å². The van der Waals surface area contributed by atoms with Crippen molar-refractivity contribution < 1.29 is 4.79 Å².